The monoisotopic (exact) mass is 339 g/mol. The first kappa shape index (κ1) is 16.2. The lowest BCUT2D eigenvalue weighted by Gasteiger charge is -2.20. The summed E-state index contributed by atoms with van der Waals surface area (Å²) < 4.78 is 53.9. The lowest BCUT2D eigenvalue weighted by atomic mass is 10.2. The van der Waals surface area contributed by atoms with Crippen molar-refractivity contribution in [2.45, 2.75) is 12.5 Å². The number of para-hydroxylation sites is 1. The van der Waals surface area contributed by atoms with Crippen molar-refractivity contribution in [2.24, 2.45) is 0 Å². The molecule has 0 bridgehead atoms. The maximum Gasteiger partial charge on any atom is 0.273 e. The van der Waals surface area contributed by atoms with Gasteiger partial charge in [0.2, 0.25) is 0 Å². The minimum Gasteiger partial charge on any atom is -0.365 e. The Bertz CT molecular complexity index is 764. The van der Waals surface area contributed by atoms with Gasteiger partial charge in [0.15, 0.2) is 11.5 Å². The number of amides is 1. The minimum absolute atomic E-state index is 0.152. The number of benzene rings is 1. The number of pyridine rings is 1. The fourth-order valence-corrected chi connectivity index (χ4v) is 2.71. The number of nitrogens with one attached hydrogen (secondary N) is 1. The van der Waals surface area contributed by atoms with E-state index >= 15 is 0 Å². The summed E-state index contributed by atoms with van der Waals surface area (Å²) in [5, 5.41) is 2.54. The molecule has 1 N–H and O–H groups in total. The zero-order valence-corrected chi connectivity index (χ0v) is 12.4. The van der Waals surface area contributed by atoms with Gasteiger partial charge in [-0.25, -0.2) is 22.5 Å². The second-order valence-corrected chi connectivity index (χ2v) is 5.46. The number of hydrogen-bond donors (Lipinski definition) is 1. The fraction of sp³-hybridized carbons (Fsp3) is 0.250. The third-order valence-corrected chi connectivity index (χ3v) is 3.80. The van der Waals surface area contributed by atoms with E-state index < -0.39 is 40.9 Å². The van der Waals surface area contributed by atoms with Crippen molar-refractivity contribution < 1.29 is 22.4 Å². The second-order valence-electron chi connectivity index (χ2n) is 5.46. The predicted molar refractivity (Wildman–Crippen MR) is 78.6 cm³/mol. The lowest BCUT2D eigenvalue weighted by Crippen LogP contribution is -2.38. The zero-order chi connectivity index (χ0) is 17.3. The van der Waals surface area contributed by atoms with Crippen molar-refractivity contribution >= 4 is 11.6 Å². The molecule has 1 aromatic heterocycles. The first-order valence-corrected chi connectivity index (χ1v) is 7.26. The summed E-state index contributed by atoms with van der Waals surface area (Å²) in [5.74, 6) is -4.12. The van der Waals surface area contributed by atoms with Crippen LogP contribution < -0.4 is 10.2 Å². The largest absolute Gasteiger partial charge is 0.365 e. The molecule has 3 rings (SSSR count). The number of hydrogen-bond acceptors (Lipinski definition) is 3. The van der Waals surface area contributed by atoms with Gasteiger partial charge < -0.3 is 10.2 Å². The molecule has 0 radical (unpaired) electrons. The Balaban J connectivity index is 1.69. The van der Waals surface area contributed by atoms with Gasteiger partial charge >= 0.3 is 0 Å². The third-order valence-electron chi connectivity index (χ3n) is 3.80. The van der Waals surface area contributed by atoms with Crippen LogP contribution in [0.25, 0.3) is 0 Å². The highest BCUT2D eigenvalue weighted by Gasteiger charge is 2.28. The quantitative estimate of drug-likeness (QED) is 0.875. The van der Waals surface area contributed by atoms with Gasteiger partial charge in [-0.15, -0.1) is 0 Å². The smallest absolute Gasteiger partial charge is 0.273 e. The van der Waals surface area contributed by atoms with E-state index in [1.54, 1.807) is 0 Å². The molecule has 8 heteroatoms. The third kappa shape index (κ3) is 3.17. The molecule has 0 spiro atoms. The Hall–Kier alpha value is -2.64. The molecule has 24 heavy (non-hydrogen) atoms. The molecule has 1 aliphatic rings. The normalized spacial score (nSPS) is 17.2. The summed E-state index contributed by atoms with van der Waals surface area (Å²) in [4.78, 5) is 16.9. The van der Waals surface area contributed by atoms with E-state index in [0.717, 1.165) is 18.3 Å². The molecule has 126 valence electrons. The fourth-order valence-electron chi connectivity index (χ4n) is 2.71. The topological polar surface area (TPSA) is 45.2 Å². The van der Waals surface area contributed by atoms with Crippen molar-refractivity contribution in [3.8, 4) is 0 Å². The van der Waals surface area contributed by atoms with Gasteiger partial charge in [0.1, 0.15) is 23.1 Å². The second kappa shape index (κ2) is 6.46. The number of nitrogens with zero attached hydrogens (tertiary/aromatic N) is 2. The maximum atomic E-state index is 13.8. The summed E-state index contributed by atoms with van der Waals surface area (Å²) in [5.41, 5.74) is -0.674. The lowest BCUT2D eigenvalue weighted by molar-refractivity contribution is 0.0930. The summed E-state index contributed by atoms with van der Waals surface area (Å²) in [7, 11) is 0. The molecule has 1 aromatic carbocycles. The van der Waals surface area contributed by atoms with E-state index in [4.69, 9.17) is 0 Å². The van der Waals surface area contributed by atoms with Crippen LogP contribution in [0.2, 0.25) is 0 Å². The van der Waals surface area contributed by atoms with Crippen LogP contribution >= 0.6 is 0 Å². The summed E-state index contributed by atoms with van der Waals surface area (Å²) in [6.07, 6.45) is 1.18. The van der Waals surface area contributed by atoms with Crippen LogP contribution in [0, 0.1) is 23.3 Å². The number of carbonyl (C=O) groups is 1. The highest BCUT2D eigenvalue weighted by molar-refractivity contribution is 5.92. The number of aromatic nitrogens is 1. The number of carbonyl (C=O) groups excluding carboxylic acids is 1. The van der Waals surface area contributed by atoms with E-state index in [0.29, 0.717) is 19.0 Å². The van der Waals surface area contributed by atoms with E-state index in [2.05, 4.69) is 10.3 Å². The molecule has 1 unspecified atom stereocenters. The molecule has 1 aliphatic heterocycles. The summed E-state index contributed by atoms with van der Waals surface area (Å²) >= 11 is 0. The van der Waals surface area contributed by atoms with Crippen LogP contribution in [0.5, 0.6) is 0 Å². The van der Waals surface area contributed by atoms with E-state index in [-0.39, 0.29) is 12.2 Å². The van der Waals surface area contributed by atoms with E-state index in [9.17, 15) is 22.4 Å². The van der Waals surface area contributed by atoms with Crippen LogP contribution in [-0.4, -0.2) is 30.0 Å². The van der Waals surface area contributed by atoms with E-state index in [1.165, 1.54) is 11.0 Å². The van der Waals surface area contributed by atoms with Crippen LogP contribution in [0.15, 0.2) is 30.5 Å². The van der Waals surface area contributed by atoms with Crippen LogP contribution in [-0.2, 0) is 0 Å². The van der Waals surface area contributed by atoms with Gasteiger partial charge in [0, 0.05) is 25.2 Å². The van der Waals surface area contributed by atoms with Crippen LogP contribution in [0.4, 0.5) is 23.2 Å². The Kier molecular flexibility index (Phi) is 4.37. The molecule has 1 saturated heterocycles. The van der Waals surface area contributed by atoms with Gasteiger partial charge in [-0.1, -0.05) is 6.07 Å². The Morgan fingerprint density at radius 1 is 1.17 bits per heavy atom. The number of anilines is 1. The average molecular weight is 339 g/mol. The molecule has 1 atom stereocenters. The molecule has 2 aromatic rings. The van der Waals surface area contributed by atoms with Gasteiger partial charge in [-0.05, 0) is 18.6 Å². The van der Waals surface area contributed by atoms with Gasteiger partial charge in [0.25, 0.3) is 5.91 Å². The molecule has 2 heterocycles. The highest BCUT2D eigenvalue weighted by Crippen LogP contribution is 2.26. The Labute approximate surface area is 135 Å². The molecular formula is C16H13F4N3O. The highest BCUT2D eigenvalue weighted by atomic mass is 19.1. The predicted octanol–water partition coefficient (Wildman–Crippen LogP) is 2.65. The molecule has 0 saturated carbocycles. The number of halogens is 4. The number of rotatable bonds is 3. The summed E-state index contributed by atoms with van der Waals surface area (Å²) in [6, 6.07) is 3.72. The minimum atomic E-state index is -1.07. The first-order chi connectivity index (χ1) is 11.5. The van der Waals surface area contributed by atoms with Crippen LogP contribution in [0.3, 0.4) is 0 Å². The van der Waals surface area contributed by atoms with Gasteiger partial charge in [-0.2, -0.15) is 0 Å². The summed E-state index contributed by atoms with van der Waals surface area (Å²) in [6.45, 7) is 0.508. The zero-order valence-electron chi connectivity index (χ0n) is 12.4. The molecule has 4 nitrogen and oxygen atoms in total. The van der Waals surface area contributed by atoms with Crippen molar-refractivity contribution in [3.63, 3.8) is 0 Å². The SMILES string of the molecule is O=C(NC1CCN(c2c(F)cccc2F)C1)c1ncc(F)cc1F. The van der Waals surface area contributed by atoms with Gasteiger partial charge in [-0.3, -0.25) is 4.79 Å². The van der Waals surface area contributed by atoms with Crippen molar-refractivity contribution in [2.75, 3.05) is 18.0 Å². The van der Waals surface area contributed by atoms with E-state index in [1.807, 2.05) is 0 Å². The molecule has 1 amide bonds. The van der Waals surface area contributed by atoms with Gasteiger partial charge in [0.05, 0.1) is 6.20 Å². The first-order valence-electron chi connectivity index (χ1n) is 7.26. The van der Waals surface area contributed by atoms with Crippen molar-refractivity contribution in [1.29, 1.82) is 0 Å². The molecule has 0 aliphatic carbocycles. The standard InChI is InChI=1S/C16H13F4N3O/c17-9-6-13(20)14(21-7-9)16(24)22-10-4-5-23(8-10)15-11(18)2-1-3-12(15)19/h1-3,6-7,10H,4-5,8H2,(H,22,24). The average Bonchev–Trinajstić information content (AvgIpc) is 2.95. The Morgan fingerprint density at radius 3 is 2.54 bits per heavy atom. The molecule has 1 fully saturated rings. The van der Waals surface area contributed by atoms with Crippen molar-refractivity contribution in [3.05, 3.63) is 59.4 Å². The Morgan fingerprint density at radius 2 is 1.88 bits per heavy atom. The van der Waals surface area contributed by atoms with Crippen molar-refractivity contribution in [1.82, 2.24) is 10.3 Å². The van der Waals surface area contributed by atoms with Crippen LogP contribution in [0.1, 0.15) is 16.9 Å². The molecular weight excluding hydrogens is 326 g/mol. The maximum absolute atomic E-state index is 13.8.